The van der Waals surface area contributed by atoms with Gasteiger partial charge in [-0.2, -0.15) is 5.26 Å². The molecule has 0 saturated heterocycles. The highest BCUT2D eigenvalue weighted by molar-refractivity contribution is 7.21. The Morgan fingerprint density at radius 2 is 1.84 bits per heavy atom. The lowest BCUT2D eigenvalue weighted by atomic mass is 9.96. The fourth-order valence-corrected chi connectivity index (χ4v) is 4.56. The number of nitriles is 1. The number of nitrogens with zero attached hydrogens (tertiary/aromatic N) is 2. The molecule has 0 unspecified atom stereocenters. The Hall–Kier alpha value is -3.60. The maximum absolute atomic E-state index is 13.1. The summed E-state index contributed by atoms with van der Waals surface area (Å²) in [6.07, 6.45) is 0. The van der Waals surface area contributed by atoms with Gasteiger partial charge in [0.25, 0.3) is 0 Å². The zero-order valence-corrected chi connectivity index (χ0v) is 18.1. The van der Waals surface area contributed by atoms with E-state index < -0.39 is 0 Å². The average molecular weight is 449 g/mol. The van der Waals surface area contributed by atoms with Crippen molar-refractivity contribution in [3.63, 3.8) is 0 Å². The lowest BCUT2D eigenvalue weighted by molar-refractivity contribution is 0.104. The third kappa shape index (κ3) is 3.67. The highest BCUT2D eigenvalue weighted by atomic mass is 35.5. The number of aromatic nitrogens is 1. The summed E-state index contributed by atoms with van der Waals surface area (Å²) in [5.41, 5.74) is 14.8. The number of carbonyl (C=O) groups excluding carboxylic acids is 1. The first-order valence-electron chi connectivity index (χ1n) is 9.39. The molecule has 0 aliphatic carbocycles. The van der Waals surface area contributed by atoms with Crippen LogP contribution in [0.1, 0.15) is 27.7 Å². The molecule has 2 aromatic heterocycles. The molecule has 0 amide bonds. The zero-order valence-electron chi connectivity index (χ0n) is 16.5. The van der Waals surface area contributed by atoms with Crippen molar-refractivity contribution in [3.05, 3.63) is 69.6 Å². The van der Waals surface area contributed by atoms with Crippen LogP contribution in [0.5, 0.6) is 5.75 Å². The highest BCUT2D eigenvalue weighted by Crippen LogP contribution is 2.43. The Bertz CT molecular complexity index is 1340. The normalized spacial score (nSPS) is 10.7. The molecule has 31 heavy (non-hydrogen) atoms. The van der Waals surface area contributed by atoms with E-state index in [4.69, 9.17) is 27.8 Å². The summed E-state index contributed by atoms with van der Waals surface area (Å²) >= 11 is 7.08. The van der Waals surface area contributed by atoms with Crippen LogP contribution in [-0.4, -0.2) is 17.4 Å². The Morgan fingerprint density at radius 1 is 1.16 bits per heavy atom. The van der Waals surface area contributed by atoms with Crippen LogP contribution in [0.3, 0.4) is 0 Å². The van der Waals surface area contributed by atoms with Gasteiger partial charge in [0.05, 0.1) is 12.3 Å². The molecular formula is C23H17ClN4O2S. The Labute approximate surface area is 187 Å². The van der Waals surface area contributed by atoms with Crippen LogP contribution in [-0.2, 0) is 0 Å². The average Bonchev–Trinajstić information content (AvgIpc) is 3.09. The number of hydrogen-bond acceptors (Lipinski definition) is 7. The molecule has 0 saturated carbocycles. The van der Waals surface area contributed by atoms with E-state index in [0.29, 0.717) is 43.6 Å². The first-order chi connectivity index (χ1) is 14.9. The van der Waals surface area contributed by atoms with Gasteiger partial charge < -0.3 is 16.2 Å². The van der Waals surface area contributed by atoms with Crippen LogP contribution in [0.25, 0.3) is 21.3 Å². The smallest absolute Gasteiger partial charge is 0.205 e. The zero-order chi connectivity index (χ0) is 22.1. The minimum absolute atomic E-state index is 0.0885. The van der Waals surface area contributed by atoms with Crippen LogP contribution in [0.4, 0.5) is 11.5 Å². The van der Waals surface area contributed by atoms with E-state index in [1.165, 1.54) is 0 Å². The van der Waals surface area contributed by atoms with E-state index in [0.717, 1.165) is 16.9 Å². The van der Waals surface area contributed by atoms with Crippen LogP contribution >= 0.6 is 22.9 Å². The van der Waals surface area contributed by atoms with E-state index in [9.17, 15) is 10.1 Å². The summed E-state index contributed by atoms with van der Waals surface area (Å²) in [6.45, 7) is 2.45. The van der Waals surface area contributed by atoms with Gasteiger partial charge in [-0.3, -0.25) is 4.79 Å². The largest absolute Gasteiger partial charge is 0.494 e. The fraction of sp³-hybridized carbons (Fsp3) is 0.0870. The number of pyridine rings is 1. The molecule has 4 rings (SSSR count). The Morgan fingerprint density at radius 3 is 2.45 bits per heavy atom. The van der Waals surface area contributed by atoms with Crippen molar-refractivity contribution < 1.29 is 9.53 Å². The van der Waals surface area contributed by atoms with Gasteiger partial charge in [-0.15, -0.1) is 11.3 Å². The predicted octanol–water partition coefficient (Wildman–Crippen LogP) is 5.28. The van der Waals surface area contributed by atoms with Crippen molar-refractivity contribution in [2.75, 3.05) is 18.1 Å². The standard InChI is InChI=1S/C23H17ClN4O2S/c1-2-30-15-9-5-12(6-10-15)17-16(11-25)22(27)28-23-18(17)19(26)21(31-23)20(29)13-3-7-14(24)8-4-13/h3-10H,2,26H2,1H3,(H2,27,28). The quantitative estimate of drug-likeness (QED) is 0.401. The van der Waals surface area contributed by atoms with E-state index in [2.05, 4.69) is 11.1 Å². The predicted molar refractivity (Wildman–Crippen MR) is 125 cm³/mol. The van der Waals surface area contributed by atoms with Gasteiger partial charge in [-0.05, 0) is 48.9 Å². The van der Waals surface area contributed by atoms with Crippen LogP contribution < -0.4 is 16.2 Å². The molecule has 0 bridgehead atoms. The number of hydrogen-bond donors (Lipinski definition) is 2. The van der Waals surface area contributed by atoms with Crippen LogP contribution in [0.15, 0.2) is 48.5 Å². The van der Waals surface area contributed by atoms with Crippen LogP contribution in [0, 0.1) is 11.3 Å². The van der Waals surface area contributed by atoms with E-state index in [-0.39, 0.29) is 22.9 Å². The lowest BCUT2D eigenvalue weighted by Gasteiger charge is -2.10. The highest BCUT2D eigenvalue weighted by Gasteiger charge is 2.24. The van der Waals surface area contributed by atoms with E-state index >= 15 is 0 Å². The third-order valence-corrected chi connectivity index (χ3v) is 6.13. The molecule has 0 spiro atoms. The summed E-state index contributed by atoms with van der Waals surface area (Å²) in [6, 6.07) is 16.0. The Balaban J connectivity index is 1.94. The Kier molecular flexibility index (Phi) is 5.51. The number of nitrogen functional groups attached to an aromatic ring is 2. The summed E-state index contributed by atoms with van der Waals surface area (Å²) < 4.78 is 5.50. The van der Waals surface area contributed by atoms with Gasteiger partial charge in [0.2, 0.25) is 5.78 Å². The van der Waals surface area contributed by atoms with E-state index in [1.807, 2.05) is 31.2 Å². The van der Waals surface area contributed by atoms with Gasteiger partial charge in [-0.25, -0.2) is 4.98 Å². The van der Waals surface area contributed by atoms with Crippen molar-refractivity contribution in [2.45, 2.75) is 6.92 Å². The molecule has 2 aromatic carbocycles. The second-order valence-corrected chi connectivity index (χ2v) is 8.11. The minimum Gasteiger partial charge on any atom is -0.494 e. The van der Waals surface area contributed by atoms with Crippen molar-refractivity contribution >= 4 is 50.4 Å². The second-order valence-electron chi connectivity index (χ2n) is 6.68. The molecule has 0 fully saturated rings. The summed E-state index contributed by atoms with van der Waals surface area (Å²) in [5, 5.41) is 10.8. The summed E-state index contributed by atoms with van der Waals surface area (Å²) in [5.74, 6) is 0.553. The number of carbonyl (C=O) groups is 1. The van der Waals surface area contributed by atoms with Gasteiger partial charge in [0, 0.05) is 21.5 Å². The van der Waals surface area contributed by atoms with Gasteiger partial charge >= 0.3 is 0 Å². The SMILES string of the molecule is CCOc1ccc(-c2c(C#N)c(N)nc3sc(C(=O)c4ccc(Cl)cc4)c(N)c23)cc1. The molecule has 0 radical (unpaired) electrons. The van der Waals surface area contributed by atoms with Crippen molar-refractivity contribution in [1.29, 1.82) is 5.26 Å². The number of ether oxygens (including phenoxy) is 1. The number of fused-ring (bicyclic) bond motifs is 1. The van der Waals surface area contributed by atoms with Gasteiger partial charge in [0.15, 0.2) is 0 Å². The summed E-state index contributed by atoms with van der Waals surface area (Å²) in [7, 11) is 0. The second kappa shape index (κ2) is 8.26. The molecule has 0 aliphatic heterocycles. The maximum atomic E-state index is 13.1. The molecular weight excluding hydrogens is 432 g/mol. The molecule has 4 N–H and O–H groups in total. The monoisotopic (exact) mass is 448 g/mol. The number of nitrogens with two attached hydrogens (primary N) is 2. The number of rotatable bonds is 5. The molecule has 0 atom stereocenters. The number of thiophene rings is 1. The topological polar surface area (TPSA) is 115 Å². The molecule has 2 heterocycles. The first kappa shape index (κ1) is 20.7. The lowest BCUT2D eigenvalue weighted by Crippen LogP contribution is -2.02. The maximum Gasteiger partial charge on any atom is 0.205 e. The van der Waals surface area contributed by atoms with Crippen molar-refractivity contribution in [2.24, 2.45) is 0 Å². The molecule has 8 heteroatoms. The number of anilines is 2. The van der Waals surface area contributed by atoms with Gasteiger partial charge in [-0.1, -0.05) is 23.7 Å². The number of halogens is 1. The minimum atomic E-state index is -0.244. The third-order valence-electron chi connectivity index (χ3n) is 4.78. The number of benzene rings is 2. The number of ketones is 1. The van der Waals surface area contributed by atoms with E-state index in [1.54, 1.807) is 24.3 Å². The molecule has 154 valence electrons. The fourth-order valence-electron chi connectivity index (χ4n) is 3.36. The molecule has 6 nitrogen and oxygen atoms in total. The van der Waals surface area contributed by atoms with Gasteiger partial charge in [0.1, 0.15) is 32.9 Å². The van der Waals surface area contributed by atoms with Crippen LogP contribution in [0.2, 0.25) is 5.02 Å². The van der Waals surface area contributed by atoms with Crippen molar-refractivity contribution in [1.82, 2.24) is 4.98 Å². The molecule has 4 aromatic rings. The first-order valence-corrected chi connectivity index (χ1v) is 10.6. The summed E-state index contributed by atoms with van der Waals surface area (Å²) in [4.78, 5) is 18.3. The van der Waals surface area contributed by atoms with Crippen molar-refractivity contribution in [3.8, 4) is 22.9 Å². The molecule has 0 aliphatic rings.